The minimum Gasteiger partial charge on any atom is -0.481 e. The van der Waals surface area contributed by atoms with E-state index in [0.717, 1.165) is 51.4 Å². The summed E-state index contributed by atoms with van der Waals surface area (Å²) < 4.78 is 0. The Morgan fingerprint density at radius 1 is 0.864 bits per heavy atom. The molecule has 0 rings (SSSR count). The van der Waals surface area contributed by atoms with Gasteiger partial charge in [-0.2, -0.15) is 0 Å². The summed E-state index contributed by atoms with van der Waals surface area (Å²) in [5.74, 6) is -0.710. The fourth-order valence-electron chi connectivity index (χ4n) is 2.65. The summed E-state index contributed by atoms with van der Waals surface area (Å²) in [5, 5.41) is 18.4. The van der Waals surface area contributed by atoms with Gasteiger partial charge in [0, 0.05) is 6.42 Å². The molecule has 4 heteroatoms. The molecule has 0 aliphatic heterocycles. The van der Waals surface area contributed by atoms with Crippen LogP contribution in [0, 0.1) is 0 Å². The average molecular weight is 335 g/mol. The number of aliphatic hydroxyl groups excluding tert-OH is 1. The van der Waals surface area contributed by atoms with Crippen LogP contribution >= 0.6 is 11.6 Å². The number of alkyl halides is 1. The fourth-order valence-corrected chi connectivity index (χ4v) is 2.93. The number of hydrogen-bond donors (Lipinski definition) is 2. The van der Waals surface area contributed by atoms with Crippen LogP contribution in [0.3, 0.4) is 0 Å². The van der Waals surface area contributed by atoms with E-state index in [1.807, 2.05) is 0 Å². The van der Waals surface area contributed by atoms with Gasteiger partial charge < -0.3 is 10.2 Å². The Morgan fingerprint density at radius 3 is 1.95 bits per heavy atom. The van der Waals surface area contributed by atoms with Crippen LogP contribution in [0.1, 0.15) is 96.8 Å². The molecule has 0 saturated carbocycles. The molecule has 0 unspecified atom stereocenters. The van der Waals surface area contributed by atoms with Crippen LogP contribution in [0.2, 0.25) is 0 Å². The maximum absolute atomic E-state index is 10.4. The minimum atomic E-state index is -0.710. The zero-order chi connectivity index (χ0) is 16.6. The van der Waals surface area contributed by atoms with Crippen molar-refractivity contribution in [2.75, 3.05) is 0 Å². The maximum atomic E-state index is 10.4. The second-order valence-electron chi connectivity index (χ2n) is 6.34. The number of rotatable bonds is 16. The number of carboxylic acid groups (broad SMARTS) is 1. The second-order valence-corrected chi connectivity index (χ2v) is 6.90. The third-order valence-corrected chi connectivity index (χ3v) is 4.65. The van der Waals surface area contributed by atoms with Crippen molar-refractivity contribution >= 4 is 17.6 Å². The van der Waals surface area contributed by atoms with Gasteiger partial charge in [-0.25, -0.2) is 0 Å². The first kappa shape index (κ1) is 21.7. The number of aliphatic hydroxyl groups is 1. The van der Waals surface area contributed by atoms with Gasteiger partial charge in [0.25, 0.3) is 0 Å². The molecule has 0 aromatic carbocycles. The van der Waals surface area contributed by atoms with Crippen LogP contribution in [0.25, 0.3) is 0 Å². The first-order valence-corrected chi connectivity index (χ1v) is 9.55. The molecule has 0 radical (unpaired) electrons. The van der Waals surface area contributed by atoms with Gasteiger partial charge in [-0.1, -0.05) is 71.1 Å². The molecular weight excluding hydrogens is 300 g/mol. The Kier molecular flexibility index (Phi) is 15.4. The van der Waals surface area contributed by atoms with E-state index < -0.39 is 5.97 Å². The third-order valence-electron chi connectivity index (χ3n) is 4.14. The zero-order valence-electron chi connectivity index (χ0n) is 14.2. The molecule has 0 amide bonds. The van der Waals surface area contributed by atoms with Crippen molar-refractivity contribution < 1.29 is 15.0 Å². The Hall–Kier alpha value is -0.280. The van der Waals surface area contributed by atoms with Crippen LogP contribution in [0.5, 0.6) is 0 Å². The largest absolute Gasteiger partial charge is 0.481 e. The summed E-state index contributed by atoms with van der Waals surface area (Å²) in [5.41, 5.74) is 0. The molecule has 0 aromatic rings. The summed E-state index contributed by atoms with van der Waals surface area (Å²) in [7, 11) is 0. The molecule has 0 heterocycles. The lowest BCUT2D eigenvalue weighted by Crippen LogP contribution is -2.20. The Labute approximate surface area is 141 Å². The van der Waals surface area contributed by atoms with Crippen LogP contribution in [-0.2, 0) is 4.79 Å². The predicted octanol–water partition coefficient (Wildman–Crippen LogP) is 5.52. The van der Waals surface area contributed by atoms with E-state index in [1.165, 1.54) is 32.1 Å². The van der Waals surface area contributed by atoms with Crippen molar-refractivity contribution in [3.8, 4) is 0 Å². The fraction of sp³-hybridized carbons (Fsp3) is 0.944. The highest BCUT2D eigenvalue weighted by Crippen LogP contribution is 2.18. The van der Waals surface area contributed by atoms with E-state index in [0.29, 0.717) is 0 Å². The summed E-state index contributed by atoms with van der Waals surface area (Å²) in [6.45, 7) is 2.22. The maximum Gasteiger partial charge on any atom is 0.303 e. The van der Waals surface area contributed by atoms with Gasteiger partial charge in [-0.15, -0.1) is 11.6 Å². The Balaban J connectivity index is 3.38. The van der Waals surface area contributed by atoms with E-state index in [1.54, 1.807) is 0 Å². The van der Waals surface area contributed by atoms with Crippen molar-refractivity contribution in [3.05, 3.63) is 0 Å². The molecule has 2 atom stereocenters. The minimum absolute atomic E-state index is 0.130. The van der Waals surface area contributed by atoms with Crippen LogP contribution in [0.15, 0.2) is 0 Å². The molecular formula is C18H35ClO3. The van der Waals surface area contributed by atoms with Crippen molar-refractivity contribution in [2.45, 2.75) is 108 Å². The number of aliphatic carboxylic acids is 1. The zero-order valence-corrected chi connectivity index (χ0v) is 15.0. The van der Waals surface area contributed by atoms with Gasteiger partial charge in [-0.3, -0.25) is 4.79 Å². The first-order chi connectivity index (χ1) is 10.6. The summed E-state index contributed by atoms with van der Waals surface area (Å²) >= 11 is 6.25. The van der Waals surface area contributed by atoms with Crippen molar-refractivity contribution in [1.29, 1.82) is 0 Å². The molecule has 0 aromatic heterocycles. The highest BCUT2D eigenvalue weighted by Gasteiger charge is 2.15. The Morgan fingerprint density at radius 2 is 1.36 bits per heavy atom. The summed E-state index contributed by atoms with van der Waals surface area (Å²) in [6.07, 6.45) is 13.9. The lowest BCUT2D eigenvalue weighted by atomic mass is 10.0. The van der Waals surface area contributed by atoms with Crippen molar-refractivity contribution in [2.24, 2.45) is 0 Å². The SMILES string of the molecule is CCCCCCCC[C@H](O)[C@H](Cl)CCCCCCCC(=O)O. The van der Waals surface area contributed by atoms with E-state index in [2.05, 4.69) is 6.92 Å². The molecule has 0 saturated heterocycles. The molecule has 0 aliphatic carbocycles. The molecule has 0 spiro atoms. The number of hydrogen-bond acceptors (Lipinski definition) is 2. The molecule has 3 nitrogen and oxygen atoms in total. The molecule has 0 fully saturated rings. The van der Waals surface area contributed by atoms with Crippen LogP contribution < -0.4 is 0 Å². The molecule has 0 aliphatic rings. The lowest BCUT2D eigenvalue weighted by Gasteiger charge is -2.16. The van der Waals surface area contributed by atoms with Crippen LogP contribution in [-0.4, -0.2) is 27.7 Å². The van der Waals surface area contributed by atoms with E-state index in [-0.39, 0.29) is 17.9 Å². The number of carboxylic acids is 1. The predicted molar refractivity (Wildman–Crippen MR) is 93.6 cm³/mol. The smallest absolute Gasteiger partial charge is 0.303 e. The van der Waals surface area contributed by atoms with Crippen LogP contribution in [0.4, 0.5) is 0 Å². The quantitative estimate of drug-likeness (QED) is 0.288. The number of halogens is 1. The van der Waals surface area contributed by atoms with Gasteiger partial charge in [0.2, 0.25) is 0 Å². The van der Waals surface area contributed by atoms with Gasteiger partial charge in [0.15, 0.2) is 0 Å². The second kappa shape index (κ2) is 15.6. The highest BCUT2D eigenvalue weighted by atomic mass is 35.5. The van der Waals surface area contributed by atoms with Crippen molar-refractivity contribution in [3.63, 3.8) is 0 Å². The number of carbonyl (C=O) groups is 1. The third kappa shape index (κ3) is 14.6. The topological polar surface area (TPSA) is 57.5 Å². The van der Waals surface area contributed by atoms with Gasteiger partial charge in [0.05, 0.1) is 11.5 Å². The first-order valence-electron chi connectivity index (χ1n) is 9.11. The van der Waals surface area contributed by atoms with Crippen molar-refractivity contribution in [1.82, 2.24) is 0 Å². The van der Waals surface area contributed by atoms with Gasteiger partial charge >= 0.3 is 5.97 Å². The summed E-state index contributed by atoms with van der Waals surface area (Å²) in [4.78, 5) is 10.4. The normalized spacial score (nSPS) is 14.0. The summed E-state index contributed by atoms with van der Waals surface area (Å²) in [6, 6.07) is 0. The number of unbranched alkanes of at least 4 members (excludes halogenated alkanes) is 9. The Bertz CT molecular complexity index is 259. The standard InChI is InChI=1S/C18H35ClO3/c1-2-3-4-5-8-11-14-17(20)16(19)13-10-7-6-9-12-15-18(21)22/h16-17,20H,2-15H2,1H3,(H,21,22)/t16-,17+/m1/s1. The molecule has 22 heavy (non-hydrogen) atoms. The molecule has 2 N–H and O–H groups in total. The van der Waals surface area contributed by atoms with E-state index in [4.69, 9.17) is 16.7 Å². The highest BCUT2D eigenvalue weighted by molar-refractivity contribution is 6.21. The van der Waals surface area contributed by atoms with E-state index in [9.17, 15) is 9.90 Å². The lowest BCUT2D eigenvalue weighted by molar-refractivity contribution is -0.137. The monoisotopic (exact) mass is 334 g/mol. The van der Waals surface area contributed by atoms with Gasteiger partial charge in [0.1, 0.15) is 0 Å². The van der Waals surface area contributed by atoms with E-state index >= 15 is 0 Å². The molecule has 0 bridgehead atoms. The van der Waals surface area contributed by atoms with Gasteiger partial charge in [-0.05, 0) is 19.3 Å². The average Bonchev–Trinajstić information content (AvgIpc) is 2.49. The molecule has 132 valence electrons.